The lowest BCUT2D eigenvalue weighted by atomic mass is 10.2. The van der Waals surface area contributed by atoms with Crippen LogP contribution in [0.4, 0.5) is 4.39 Å². The standard InChI is InChI=1S/C18H14FN5OS/c1-12(17-21-22-23-24(17)15-5-3-2-4-6-15)26-18-20-11-16(25-18)13-7-9-14(19)10-8-13/h2-12H,1H3/t12-/m0/s1. The van der Waals surface area contributed by atoms with Crippen LogP contribution in [-0.4, -0.2) is 25.2 Å². The largest absolute Gasteiger partial charge is 0.431 e. The second-order valence-electron chi connectivity index (χ2n) is 5.54. The summed E-state index contributed by atoms with van der Waals surface area (Å²) < 4.78 is 20.5. The number of benzene rings is 2. The van der Waals surface area contributed by atoms with E-state index in [4.69, 9.17) is 4.42 Å². The molecule has 130 valence electrons. The second kappa shape index (κ2) is 7.09. The van der Waals surface area contributed by atoms with Crippen LogP contribution in [-0.2, 0) is 0 Å². The molecule has 8 heteroatoms. The minimum Gasteiger partial charge on any atom is -0.431 e. The highest BCUT2D eigenvalue weighted by Crippen LogP contribution is 2.35. The van der Waals surface area contributed by atoms with Gasteiger partial charge in [-0.3, -0.25) is 0 Å². The van der Waals surface area contributed by atoms with E-state index in [-0.39, 0.29) is 11.1 Å². The molecule has 0 radical (unpaired) electrons. The quantitative estimate of drug-likeness (QED) is 0.490. The zero-order valence-corrected chi connectivity index (χ0v) is 14.6. The number of halogens is 1. The fourth-order valence-corrected chi connectivity index (χ4v) is 3.27. The van der Waals surface area contributed by atoms with Gasteiger partial charge in [0.25, 0.3) is 5.22 Å². The Morgan fingerprint density at radius 2 is 1.85 bits per heavy atom. The van der Waals surface area contributed by atoms with Gasteiger partial charge >= 0.3 is 0 Å². The summed E-state index contributed by atoms with van der Waals surface area (Å²) in [5.74, 6) is 0.995. The number of rotatable bonds is 5. The zero-order valence-electron chi connectivity index (χ0n) is 13.8. The van der Waals surface area contributed by atoms with Crippen LogP contribution in [0.5, 0.6) is 0 Å². The number of oxazole rings is 1. The molecule has 0 amide bonds. The highest BCUT2D eigenvalue weighted by atomic mass is 32.2. The molecule has 0 aliphatic rings. The van der Waals surface area contributed by atoms with Gasteiger partial charge < -0.3 is 4.42 Å². The van der Waals surface area contributed by atoms with Gasteiger partial charge in [0.15, 0.2) is 11.6 Å². The molecule has 0 unspecified atom stereocenters. The SMILES string of the molecule is C[C@H](Sc1ncc(-c2ccc(F)cc2)o1)c1nnnn1-c1ccccc1. The van der Waals surface area contributed by atoms with Crippen LogP contribution in [0, 0.1) is 5.82 Å². The predicted molar refractivity (Wildman–Crippen MR) is 95.3 cm³/mol. The van der Waals surface area contributed by atoms with Crippen LogP contribution in [0.15, 0.2) is 70.4 Å². The van der Waals surface area contributed by atoms with Gasteiger partial charge in [-0.1, -0.05) is 30.0 Å². The van der Waals surface area contributed by atoms with Crippen molar-refractivity contribution in [2.24, 2.45) is 0 Å². The summed E-state index contributed by atoms with van der Waals surface area (Å²) in [4.78, 5) is 4.29. The smallest absolute Gasteiger partial charge is 0.256 e. The molecule has 0 saturated carbocycles. The normalized spacial score (nSPS) is 12.2. The van der Waals surface area contributed by atoms with Crippen LogP contribution < -0.4 is 0 Å². The summed E-state index contributed by atoms with van der Waals surface area (Å²) in [7, 11) is 0. The van der Waals surface area contributed by atoms with Crippen LogP contribution in [0.3, 0.4) is 0 Å². The molecule has 0 bridgehead atoms. The number of nitrogens with zero attached hydrogens (tertiary/aromatic N) is 5. The third kappa shape index (κ3) is 3.36. The summed E-state index contributed by atoms with van der Waals surface area (Å²) in [6.45, 7) is 1.98. The van der Waals surface area contributed by atoms with Gasteiger partial charge in [-0.05, 0) is 53.7 Å². The van der Waals surface area contributed by atoms with Gasteiger partial charge in [0, 0.05) is 5.56 Å². The molecular formula is C18H14FN5OS. The van der Waals surface area contributed by atoms with Crippen molar-refractivity contribution in [2.45, 2.75) is 17.4 Å². The average molecular weight is 367 g/mol. The average Bonchev–Trinajstić information content (AvgIpc) is 3.32. The Bertz CT molecular complexity index is 1000. The predicted octanol–water partition coefficient (Wildman–Crippen LogP) is 4.31. The third-order valence-electron chi connectivity index (χ3n) is 3.75. The Kier molecular flexibility index (Phi) is 4.49. The van der Waals surface area contributed by atoms with E-state index in [0.717, 1.165) is 11.3 Å². The van der Waals surface area contributed by atoms with Gasteiger partial charge in [0.1, 0.15) is 5.82 Å². The molecule has 2 aromatic carbocycles. The topological polar surface area (TPSA) is 69.6 Å². The minimum absolute atomic E-state index is 0.0788. The summed E-state index contributed by atoms with van der Waals surface area (Å²) in [6, 6.07) is 15.8. The molecule has 0 aliphatic carbocycles. The van der Waals surface area contributed by atoms with Gasteiger partial charge in [-0.2, -0.15) is 4.68 Å². The first-order valence-corrected chi connectivity index (χ1v) is 8.81. The van der Waals surface area contributed by atoms with Crippen molar-refractivity contribution in [3.05, 3.63) is 72.4 Å². The van der Waals surface area contributed by atoms with E-state index in [2.05, 4.69) is 20.5 Å². The van der Waals surface area contributed by atoms with E-state index in [1.54, 1.807) is 23.0 Å². The van der Waals surface area contributed by atoms with E-state index >= 15 is 0 Å². The van der Waals surface area contributed by atoms with E-state index < -0.39 is 0 Å². The highest BCUT2D eigenvalue weighted by Gasteiger charge is 2.19. The molecule has 2 heterocycles. The number of para-hydroxylation sites is 1. The lowest BCUT2D eigenvalue weighted by Crippen LogP contribution is -2.04. The maximum Gasteiger partial charge on any atom is 0.256 e. The first kappa shape index (κ1) is 16.5. The maximum atomic E-state index is 13.0. The third-order valence-corrected chi connectivity index (χ3v) is 4.70. The summed E-state index contributed by atoms with van der Waals surface area (Å²) in [6.07, 6.45) is 1.63. The molecule has 26 heavy (non-hydrogen) atoms. The van der Waals surface area contributed by atoms with Gasteiger partial charge in [-0.15, -0.1) is 5.10 Å². The molecule has 0 spiro atoms. The number of tetrazole rings is 1. The summed E-state index contributed by atoms with van der Waals surface area (Å²) >= 11 is 1.41. The zero-order chi connectivity index (χ0) is 17.9. The molecule has 0 aliphatic heterocycles. The first-order chi connectivity index (χ1) is 12.7. The first-order valence-electron chi connectivity index (χ1n) is 7.93. The Balaban J connectivity index is 1.54. The van der Waals surface area contributed by atoms with Crippen LogP contribution in [0.1, 0.15) is 18.0 Å². The van der Waals surface area contributed by atoms with Crippen molar-refractivity contribution >= 4 is 11.8 Å². The van der Waals surface area contributed by atoms with Crippen LogP contribution in [0.2, 0.25) is 0 Å². The van der Waals surface area contributed by atoms with Crippen molar-refractivity contribution in [1.29, 1.82) is 0 Å². The molecule has 4 aromatic rings. The molecule has 0 N–H and O–H groups in total. The fourth-order valence-electron chi connectivity index (χ4n) is 2.46. The molecule has 1 atom stereocenters. The number of thioether (sulfide) groups is 1. The lowest BCUT2D eigenvalue weighted by Gasteiger charge is -2.09. The summed E-state index contributed by atoms with van der Waals surface area (Å²) in [5.41, 5.74) is 1.66. The number of hydrogen-bond donors (Lipinski definition) is 0. The Morgan fingerprint density at radius 3 is 2.62 bits per heavy atom. The molecule has 4 rings (SSSR count). The van der Waals surface area contributed by atoms with Crippen molar-refractivity contribution in [3.8, 4) is 17.0 Å². The Hall–Kier alpha value is -3.00. The van der Waals surface area contributed by atoms with E-state index in [1.807, 2.05) is 37.3 Å². The van der Waals surface area contributed by atoms with Crippen LogP contribution in [0.25, 0.3) is 17.0 Å². The van der Waals surface area contributed by atoms with E-state index in [0.29, 0.717) is 16.8 Å². The molecule has 6 nitrogen and oxygen atoms in total. The minimum atomic E-state index is -0.288. The molecule has 2 aromatic heterocycles. The van der Waals surface area contributed by atoms with Gasteiger partial charge in [-0.25, -0.2) is 9.37 Å². The van der Waals surface area contributed by atoms with E-state index in [9.17, 15) is 4.39 Å². The molecular weight excluding hydrogens is 353 g/mol. The van der Waals surface area contributed by atoms with Crippen molar-refractivity contribution < 1.29 is 8.81 Å². The monoisotopic (exact) mass is 367 g/mol. The van der Waals surface area contributed by atoms with Gasteiger partial charge in [0.2, 0.25) is 0 Å². The molecule has 0 saturated heterocycles. The fraction of sp³-hybridized carbons (Fsp3) is 0.111. The molecule has 0 fully saturated rings. The Labute approximate surface area is 153 Å². The Morgan fingerprint density at radius 1 is 1.08 bits per heavy atom. The van der Waals surface area contributed by atoms with Crippen molar-refractivity contribution in [1.82, 2.24) is 25.2 Å². The van der Waals surface area contributed by atoms with Crippen molar-refractivity contribution in [3.63, 3.8) is 0 Å². The van der Waals surface area contributed by atoms with Crippen LogP contribution >= 0.6 is 11.8 Å². The maximum absolute atomic E-state index is 13.0. The van der Waals surface area contributed by atoms with E-state index in [1.165, 1.54) is 23.9 Å². The number of hydrogen-bond acceptors (Lipinski definition) is 6. The number of aromatic nitrogens is 5. The second-order valence-corrected chi connectivity index (χ2v) is 6.83. The highest BCUT2D eigenvalue weighted by molar-refractivity contribution is 7.99. The van der Waals surface area contributed by atoms with Gasteiger partial charge in [0.05, 0.1) is 17.1 Å². The summed E-state index contributed by atoms with van der Waals surface area (Å²) in [5, 5.41) is 12.4. The van der Waals surface area contributed by atoms with Crippen molar-refractivity contribution in [2.75, 3.05) is 0 Å². The lowest BCUT2D eigenvalue weighted by molar-refractivity contribution is 0.465.